The van der Waals surface area contributed by atoms with Crippen molar-refractivity contribution >= 4 is 33.0 Å². The minimum atomic E-state index is -3.62. The van der Waals surface area contributed by atoms with Crippen LogP contribution in [0, 0.1) is 0 Å². The molecule has 0 aliphatic carbocycles. The van der Waals surface area contributed by atoms with Crippen molar-refractivity contribution in [2.45, 2.75) is 49.0 Å². The number of anilines is 1. The maximum absolute atomic E-state index is 13.0. The molecule has 0 saturated carbocycles. The summed E-state index contributed by atoms with van der Waals surface area (Å²) < 4.78 is 33.9. The molecule has 2 heterocycles. The van der Waals surface area contributed by atoms with E-state index < -0.39 is 10.0 Å². The SMILES string of the molecule is CCC1(CC)CC(NC(=O)c2ccc(NS(=O)(=O)c3cccs3)cc2)c2ccccc2O1. The zero-order valence-corrected chi connectivity index (χ0v) is 19.6. The van der Waals surface area contributed by atoms with Crippen LogP contribution in [0.1, 0.15) is 55.1 Å². The number of hydrogen-bond acceptors (Lipinski definition) is 5. The van der Waals surface area contributed by atoms with Crippen LogP contribution in [0.4, 0.5) is 5.69 Å². The lowest BCUT2D eigenvalue weighted by Crippen LogP contribution is -2.44. The second-order valence-corrected chi connectivity index (χ2v) is 10.7. The molecule has 0 fully saturated rings. The van der Waals surface area contributed by atoms with Gasteiger partial charge >= 0.3 is 0 Å². The van der Waals surface area contributed by atoms with Crippen LogP contribution in [0.3, 0.4) is 0 Å². The first kappa shape index (κ1) is 22.4. The van der Waals surface area contributed by atoms with Gasteiger partial charge in [-0.15, -0.1) is 11.3 Å². The first-order chi connectivity index (χ1) is 15.4. The highest BCUT2D eigenvalue weighted by Crippen LogP contribution is 2.42. The third-order valence-corrected chi connectivity index (χ3v) is 8.73. The van der Waals surface area contributed by atoms with Crippen molar-refractivity contribution in [2.75, 3.05) is 4.72 Å². The molecule has 0 radical (unpaired) electrons. The van der Waals surface area contributed by atoms with Gasteiger partial charge in [-0.25, -0.2) is 8.42 Å². The van der Waals surface area contributed by atoms with Gasteiger partial charge in [0.25, 0.3) is 15.9 Å². The highest BCUT2D eigenvalue weighted by molar-refractivity contribution is 7.94. The number of sulfonamides is 1. The van der Waals surface area contributed by atoms with Gasteiger partial charge in [0.15, 0.2) is 0 Å². The fraction of sp³-hybridized carbons (Fsp3) is 0.292. The topological polar surface area (TPSA) is 84.5 Å². The molecule has 1 aromatic heterocycles. The molecule has 4 rings (SSSR count). The molecule has 1 unspecified atom stereocenters. The summed E-state index contributed by atoms with van der Waals surface area (Å²) in [7, 11) is -3.62. The van der Waals surface area contributed by atoms with E-state index in [0.29, 0.717) is 17.7 Å². The number of para-hydroxylation sites is 1. The maximum Gasteiger partial charge on any atom is 0.271 e. The van der Waals surface area contributed by atoms with Crippen LogP contribution < -0.4 is 14.8 Å². The molecular weight excluding hydrogens is 444 g/mol. The average molecular weight is 471 g/mol. The maximum atomic E-state index is 13.0. The van der Waals surface area contributed by atoms with Crippen LogP contribution >= 0.6 is 11.3 Å². The van der Waals surface area contributed by atoms with E-state index in [2.05, 4.69) is 23.9 Å². The lowest BCUT2D eigenvalue weighted by molar-refractivity contribution is 0.0227. The molecule has 6 nitrogen and oxygen atoms in total. The lowest BCUT2D eigenvalue weighted by atomic mass is 9.83. The Labute approximate surface area is 192 Å². The van der Waals surface area contributed by atoms with Crippen LogP contribution in [-0.2, 0) is 10.0 Å². The van der Waals surface area contributed by atoms with Crippen LogP contribution in [-0.4, -0.2) is 19.9 Å². The van der Waals surface area contributed by atoms with Crippen molar-refractivity contribution in [1.82, 2.24) is 5.32 Å². The van der Waals surface area contributed by atoms with Crippen LogP contribution in [0.25, 0.3) is 0 Å². The Hall–Kier alpha value is -2.84. The molecule has 0 saturated heterocycles. The van der Waals surface area contributed by atoms with Gasteiger partial charge < -0.3 is 10.1 Å². The molecule has 2 aromatic carbocycles. The second-order valence-electron chi connectivity index (χ2n) is 7.88. The summed E-state index contributed by atoms with van der Waals surface area (Å²) in [4.78, 5) is 13.0. The summed E-state index contributed by atoms with van der Waals surface area (Å²) in [6.07, 6.45) is 2.40. The van der Waals surface area contributed by atoms with Crippen molar-refractivity contribution < 1.29 is 17.9 Å². The second kappa shape index (κ2) is 8.96. The highest BCUT2D eigenvalue weighted by Gasteiger charge is 2.39. The molecule has 0 bridgehead atoms. The fourth-order valence-electron chi connectivity index (χ4n) is 3.98. The number of benzene rings is 2. The van der Waals surface area contributed by atoms with E-state index in [1.165, 1.54) is 0 Å². The molecular formula is C24H26N2O4S2. The Morgan fingerprint density at radius 1 is 1.06 bits per heavy atom. The third-order valence-electron chi connectivity index (χ3n) is 5.95. The van der Waals surface area contributed by atoms with Crippen LogP contribution in [0.15, 0.2) is 70.3 Å². The summed E-state index contributed by atoms with van der Waals surface area (Å²) in [5, 5.41) is 4.86. The molecule has 8 heteroatoms. The van der Waals surface area contributed by atoms with Gasteiger partial charge in [0.2, 0.25) is 0 Å². The molecule has 1 atom stereocenters. The molecule has 0 spiro atoms. The largest absolute Gasteiger partial charge is 0.487 e. The summed E-state index contributed by atoms with van der Waals surface area (Å²) in [6, 6.07) is 17.3. The highest BCUT2D eigenvalue weighted by atomic mass is 32.2. The standard InChI is InChI=1S/C24H26N2O4S2/c1-3-24(4-2)16-20(19-8-5-6-9-21(19)30-24)25-23(27)17-11-13-18(14-12-17)26-32(28,29)22-10-7-15-31-22/h5-15,20,26H,3-4,16H2,1-2H3,(H,25,27). The van der Waals surface area contributed by atoms with E-state index in [0.717, 1.165) is 35.5 Å². The Morgan fingerprint density at radius 3 is 2.44 bits per heavy atom. The lowest BCUT2D eigenvalue weighted by Gasteiger charge is -2.41. The van der Waals surface area contributed by atoms with Gasteiger partial charge in [-0.2, -0.15) is 0 Å². The van der Waals surface area contributed by atoms with E-state index in [9.17, 15) is 13.2 Å². The van der Waals surface area contributed by atoms with Crippen LogP contribution in [0.2, 0.25) is 0 Å². The molecule has 168 valence electrons. The van der Waals surface area contributed by atoms with Crippen molar-refractivity contribution in [2.24, 2.45) is 0 Å². The first-order valence-corrected chi connectivity index (χ1v) is 13.0. The summed E-state index contributed by atoms with van der Waals surface area (Å²) >= 11 is 1.15. The van der Waals surface area contributed by atoms with E-state index in [-0.39, 0.29) is 21.8 Å². The van der Waals surface area contributed by atoms with Gasteiger partial charge in [-0.3, -0.25) is 9.52 Å². The molecule has 3 aromatic rings. The Balaban J connectivity index is 1.50. The predicted octanol–water partition coefficient (Wildman–Crippen LogP) is 5.36. The van der Waals surface area contributed by atoms with Crippen molar-refractivity contribution in [1.29, 1.82) is 0 Å². The number of amides is 1. The normalized spacial score (nSPS) is 17.1. The number of rotatable bonds is 7. The number of carbonyl (C=O) groups excluding carboxylic acids is 1. The Morgan fingerprint density at radius 2 is 1.78 bits per heavy atom. The monoisotopic (exact) mass is 470 g/mol. The van der Waals surface area contributed by atoms with E-state index in [1.54, 1.807) is 41.8 Å². The van der Waals surface area contributed by atoms with Gasteiger partial charge in [0.1, 0.15) is 15.6 Å². The fourth-order valence-corrected chi connectivity index (χ4v) is 6.03. The Kier molecular flexibility index (Phi) is 6.26. The number of carbonyl (C=O) groups is 1. The zero-order chi connectivity index (χ0) is 22.8. The van der Waals surface area contributed by atoms with Crippen molar-refractivity contribution in [3.05, 3.63) is 77.2 Å². The van der Waals surface area contributed by atoms with Crippen molar-refractivity contribution in [3.63, 3.8) is 0 Å². The van der Waals surface area contributed by atoms with Crippen molar-refractivity contribution in [3.8, 4) is 5.75 Å². The summed E-state index contributed by atoms with van der Waals surface area (Å²) in [5.74, 6) is 0.603. The molecule has 1 amide bonds. The third kappa shape index (κ3) is 4.52. The quantitative estimate of drug-likeness (QED) is 0.487. The molecule has 2 N–H and O–H groups in total. The zero-order valence-electron chi connectivity index (χ0n) is 18.0. The van der Waals surface area contributed by atoms with Gasteiger partial charge in [0.05, 0.1) is 6.04 Å². The summed E-state index contributed by atoms with van der Waals surface area (Å²) in [5.41, 5.74) is 1.53. The number of hydrogen-bond donors (Lipinski definition) is 2. The number of ether oxygens (including phenoxy) is 1. The molecule has 32 heavy (non-hydrogen) atoms. The predicted molar refractivity (Wildman–Crippen MR) is 127 cm³/mol. The average Bonchev–Trinajstić information content (AvgIpc) is 3.35. The van der Waals surface area contributed by atoms with Gasteiger partial charge in [-0.1, -0.05) is 38.1 Å². The van der Waals surface area contributed by atoms with E-state index in [4.69, 9.17) is 4.74 Å². The minimum Gasteiger partial charge on any atom is -0.487 e. The van der Waals surface area contributed by atoms with Gasteiger partial charge in [0, 0.05) is 23.2 Å². The molecule has 1 aliphatic heterocycles. The van der Waals surface area contributed by atoms with Gasteiger partial charge in [-0.05, 0) is 54.6 Å². The minimum absolute atomic E-state index is 0.163. The smallest absolute Gasteiger partial charge is 0.271 e. The van der Waals surface area contributed by atoms with E-state index in [1.807, 2.05) is 24.3 Å². The molecule has 1 aliphatic rings. The number of nitrogens with one attached hydrogen (secondary N) is 2. The number of thiophene rings is 1. The Bertz CT molecular complexity index is 1190. The first-order valence-electron chi connectivity index (χ1n) is 10.6. The number of fused-ring (bicyclic) bond motifs is 1. The van der Waals surface area contributed by atoms with E-state index >= 15 is 0 Å². The van der Waals surface area contributed by atoms with Crippen LogP contribution in [0.5, 0.6) is 5.75 Å². The summed E-state index contributed by atoms with van der Waals surface area (Å²) in [6.45, 7) is 4.21.